The topological polar surface area (TPSA) is 64.3 Å². The number of aliphatic carboxylic acids is 1. The van der Waals surface area contributed by atoms with E-state index in [1.807, 2.05) is 38.2 Å². The third-order valence-electron chi connectivity index (χ3n) is 3.08. The molecule has 5 heteroatoms. The monoisotopic (exact) mass is 260 g/mol. The van der Waals surface area contributed by atoms with Crippen molar-refractivity contribution in [3.63, 3.8) is 0 Å². The number of carboxylic acids is 1. The number of ether oxygens (including phenoxy) is 1. The Labute approximate surface area is 111 Å². The maximum absolute atomic E-state index is 10.9. The molecule has 0 radical (unpaired) electrons. The highest BCUT2D eigenvalue weighted by Crippen LogP contribution is 2.29. The summed E-state index contributed by atoms with van der Waals surface area (Å²) in [7, 11) is 3.42. The number of para-hydroxylation sites is 1. The predicted molar refractivity (Wildman–Crippen MR) is 71.3 cm³/mol. The Kier molecular flexibility index (Phi) is 3.55. The Hall–Kier alpha value is -2.30. The minimum Gasteiger partial charge on any atom is -0.496 e. The number of methoxy groups -OCH3 is 1. The van der Waals surface area contributed by atoms with Crippen LogP contribution in [0, 0.1) is 6.92 Å². The Bertz CT molecular complexity index is 617. The Morgan fingerprint density at radius 2 is 2.11 bits per heavy atom. The zero-order chi connectivity index (χ0) is 14.0. The fourth-order valence-corrected chi connectivity index (χ4v) is 2.13. The second-order valence-corrected chi connectivity index (χ2v) is 4.30. The Morgan fingerprint density at radius 3 is 2.74 bits per heavy atom. The van der Waals surface area contributed by atoms with Gasteiger partial charge in [-0.15, -0.1) is 0 Å². The minimum atomic E-state index is -0.863. The summed E-state index contributed by atoms with van der Waals surface area (Å²) in [5, 5.41) is 8.93. The zero-order valence-corrected chi connectivity index (χ0v) is 11.2. The zero-order valence-electron chi connectivity index (χ0n) is 11.2. The molecule has 0 aliphatic carbocycles. The maximum atomic E-state index is 10.9. The van der Waals surface area contributed by atoms with E-state index in [4.69, 9.17) is 9.84 Å². The molecule has 0 fully saturated rings. The van der Waals surface area contributed by atoms with E-state index in [0.29, 0.717) is 11.5 Å². The van der Waals surface area contributed by atoms with Gasteiger partial charge in [-0.25, -0.2) is 4.98 Å². The second kappa shape index (κ2) is 5.14. The van der Waals surface area contributed by atoms with Crippen LogP contribution in [0.5, 0.6) is 5.75 Å². The summed E-state index contributed by atoms with van der Waals surface area (Å²) < 4.78 is 7.12. The van der Waals surface area contributed by atoms with Crippen molar-refractivity contribution in [2.75, 3.05) is 7.11 Å². The van der Waals surface area contributed by atoms with Gasteiger partial charge in [0.25, 0.3) is 0 Å². The summed E-state index contributed by atoms with van der Waals surface area (Å²) >= 11 is 0. The minimum absolute atomic E-state index is 0.0372. The van der Waals surface area contributed by atoms with Gasteiger partial charge in [-0.2, -0.15) is 0 Å². The van der Waals surface area contributed by atoms with Crippen LogP contribution in [-0.2, 0) is 18.3 Å². The van der Waals surface area contributed by atoms with Gasteiger partial charge >= 0.3 is 5.97 Å². The third kappa shape index (κ3) is 2.45. The number of hydrogen-bond acceptors (Lipinski definition) is 3. The molecule has 5 nitrogen and oxygen atoms in total. The molecule has 19 heavy (non-hydrogen) atoms. The van der Waals surface area contributed by atoms with E-state index in [0.717, 1.165) is 17.0 Å². The molecule has 1 heterocycles. The normalized spacial score (nSPS) is 10.5. The summed E-state index contributed by atoms with van der Waals surface area (Å²) in [5.41, 5.74) is 2.28. The SMILES string of the molecule is COc1ccccc1-c1nc(C)c(CC(=O)O)n1C. The third-order valence-corrected chi connectivity index (χ3v) is 3.08. The van der Waals surface area contributed by atoms with Crippen molar-refractivity contribution in [2.45, 2.75) is 13.3 Å². The quantitative estimate of drug-likeness (QED) is 0.913. The van der Waals surface area contributed by atoms with Gasteiger partial charge in [-0.05, 0) is 19.1 Å². The van der Waals surface area contributed by atoms with E-state index in [-0.39, 0.29) is 6.42 Å². The first-order chi connectivity index (χ1) is 9.04. The number of benzene rings is 1. The number of carbonyl (C=O) groups is 1. The highest BCUT2D eigenvalue weighted by atomic mass is 16.5. The number of rotatable bonds is 4. The van der Waals surface area contributed by atoms with Crippen LogP contribution in [0.3, 0.4) is 0 Å². The molecule has 1 N–H and O–H groups in total. The van der Waals surface area contributed by atoms with E-state index in [2.05, 4.69) is 4.98 Å². The lowest BCUT2D eigenvalue weighted by Gasteiger charge is -2.09. The van der Waals surface area contributed by atoms with Crippen molar-refractivity contribution in [1.82, 2.24) is 9.55 Å². The van der Waals surface area contributed by atoms with Crippen LogP contribution in [0.15, 0.2) is 24.3 Å². The molecule has 0 amide bonds. The van der Waals surface area contributed by atoms with Gasteiger partial charge in [0, 0.05) is 7.05 Å². The van der Waals surface area contributed by atoms with Crippen molar-refractivity contribution in [2.24, 2.45) is 7.05 Å². The van der Waals surface area contributed by atoms with Crippen LogP contribution < -0.4 is 4.74 Å². The van der Waals surface area contributed by atoms with Crippen LogP contribution in [0.4, 0.5) is 0 Å². The molecule has 2 rings (SSSR count). The lowest BCUT2D eigenvalue weighted by atomic mass is 10.2. The number of carboxylic acid groups (broad SMARTS) is 1. The molecular weight excluding hydrogens is 244 g/mol. The maximum Gasteiger partial charge on any atom is 0.309 e. The molecule has 0 atom stereocenters. The molecule has 0 saturated carbocycles. The van der Waals surface area contributed by atoms with Gasteiger partial charge in [0.05, 0.1) is 30.5 Å². The standard InChI is InChI=1S/C14H16N2O3/c1-9-11(8-13(17)18)16(2)14(15-9)10-6-4-5-7-12(10)19-3/h4-7H,8H2,1-3H3,(H,17,18). The molecule has 0 aliphatic heterocycles. The van der Waals surface area contributed by atoms with Crippen LogP contribution in [0.2, 0.25) is 0 Å². The van der Waals surface area contributed by atoms with Gasteiger partial charge < -0.3 is 14.4 Å². The van der Waals surface area contributed by atoms with Crippen molar-refractivity contribution in [1.29, 1.82) is 0 Å². The van der Waals surface area contributed by atoms with Crippen LogP contribution in [0.25, 0.3) is 11.4 Å². The van der Waals surface area contributed by atoms with Crippen LogP contribution in [0.1, 0.15) is 11.4 Å². The van der Waals surface area contributed by atoms with E-state index in [1.165, 1.54) is 0 Å². The molecule has 0 aliphatic rings. The lowest BCUT2D eigenvalue weighted by Crippen LogP contribution is -2.07. The molecule has 1 aromatic heterocycles. The van der Waals surface area contributed by atoms with Crippen LogP contribution in [-0.4, -0.2) is 27.7 Å². The predicted octanol–water partition coefficient (Wildman–Crippen LogP) is 2.03. The highest BCUT2D eigenvalue weighted by Gasteiger charge is 2.17. The largest absolute Gasteiger partial charge is 0.496 e. The van der Waals surface area contributed by atoms with Gasteiger partial charge in [-0.3, -0.25) is 4.79 Å². The molecule has 1 aromatic carbocycles. The summed E-state index contributed by atoms with van der Waals surface area (Å²) in [6.45, 7) is 1.82. The molecule has 0 bridgehead atoms. The van der Waals surface area contributed by atoms with Crippen molar-refractivity contribution < 1.29 is 14.6 Å². The number of aromatic nitrogens is 2. The fraction of sp³-hybridized carbons (Fsp3) is 0.286. The number of aryl methyl sites for hydroxylation is 1. The first kappa shape index (κ1) is 13.1. The van der Waals surface area contributed by atoms with Crippen molar-refractivity contribution >= 4 is 5.97 Å². The lowest BCUT2D eigenvalue weighted by molar-refractivity contribution is -0.136. The Balaban J connectivity index is 2.55. The smallest absolute Gasteiger partial charge is 0.309 e. The van der Waals surface area contributed by atoms with Crippen molar-refractivity contribution in [3.05, 3.63) is 35.7 Å². The Morgan fingerprint density at radius 1 is 1.42 bits per heavy atom. The molecular formula is C14H16N2O3. The molecule has 100 valence electrons. The highest BCUT2D eigenvalue weighted by molar-refractivity contribution is 5.71. The fourth-order valence-electron chi connectivity index (χ4n) is 2.13. The first-order valence-electron chi connectivity index (χ1n) is 5.92. The van der Waals surface area contributed by atoms with Crippen molar-refractivity contribution in [3.8, 4) is 17.1 Å². The summed E-state index contributed by atoms with van der Waals surface area (Å²) in [4.78, 5) is 15.3. The molecule has 2 aromatic rings. The molecule has 0 unspecified atom stereocenters. The first-order valence-corrected chi connectivity index (χ1v) is 5.92. The molecule has 0 spiro atoms. The van der Waals surface area contributed by atoms with E-state index < -0.39 is 5.97 Å². The average molecular weight is 260 g/mol. The van der Waals surface area contributed by atoms with Gasteiger partial charge in [0.1, 0.15) is 11.6 Å². The van der Waals surface area contributed by atoms with E-state index in [9.17, 15) is 4.79 Å². The van der Waals surface area contributed by atoms with Crippen LogP contribution >= 0.6 is 0 Å². The molecule has 0 saturated heterocycles. The number of imidazole rings is 1. The van der Waals surface area contributed by atoms with Gasteiger partial charge in [0.2, 0.25) is 0 Å². The summed E-state index contributed by atoms with van der Waals surface area (Å²) in [5.74, 6) is 0.571. The van der Waals surface area contributed by atoms with Gasteiger partial charge in [-0.1, -0.05) is 12.1 Å². The average Bonchev–Trinajstić information content (AvgIpc) is 2.66. The number of hydrogen-bond donors (Lipinski definition) is 1. The second-order valence-electron chi connectivity index (χ2n) is 4.30. The van der Waals surface area contributed by atoms with E-state index in [1.54, 1.807) is 11.7 Å². The summed E-state index contributed by atoms with van der Waals surface area (Å²) in [6, 6.07) is 7.55. The number of nitrogens with zero attached hydrogens (tertiary/aromatic N) is 2. The van der Waals surface area contributed by atoms with E-state index >= 15 is 0 Å². The summed E-state index contributed by atoms with van der Waals surface area (Å²) in [6.07, 6.45) is -0.0372. The van der Waals surface area contributed by atoms with Gasteiger partial charge in [0.15, 0.2) is 0 Å².